The highest BCUT2D eigenvalue weighted by molar-refractivity contribution is 8.14. The minimum Gasteiger partial charge on any atom is -0.459 e. The Kier molecular flexibility index (Phi) is 9.34. The third-order valence-electron chi connectivity index (χ3n) is 6.01. The van der Waals surface area contributed by atoms with Crippen LogP contribution in [-0.4, -0.2) is 45.8 Å². The van der Waals surface area contributed by atoms with Crippen molar-refractivity contribution in [3.05, 3.63) is 71.8 Å². The molecule has 1 aliphatic carbocycles. The lowest BCUT2D eigenvalue weighted by molar-refractivity contribution is -0.160. The number of thioether (sulfide) groups is 1. The van der Waals surface area contributed by atoms with Gasteiger partial charge >= 0.3 is 5.97 Å². The van der Waals surface area contributed by atoms with Crippen molar-refractivity contribution in [1.82, 2.24) is 4.90 Å². The minimum absolute atomic E-state index is 0.00908. The monoisotopic (exact) mass is 481 g/mol. The normalized spacial score (nSPS) is 18.2. The molecule has 0 bridgehead atoms. The summed E-state index contributed by atoms with van der Waals surface area (Å²) >= 11 is 1.15. The summed E-state index contributed by atoms with van der Waals surface area (Å²) in [6.07, 6.45) is 3.88. The summed E-state index contributed by atoms with van der Waals surface area (Å²) in [4.78, 5) is 39.9. The van der Waals surface area contributed by atoms with E-state index in [0.717, 1.165) is 37.4 Å². The molecule has 0 aromatic heterocycles. The third kappa shape index (κ3) is 8.01. The number of rotatable bonds is 8. The molecule has 5 nitrogen and oxygen atoms in total. The van der Waals surface area contributed by atoms with Crippen LogP contribution in [0, 0.1) is 0 Å². The molecule has 0 radical (unpaired) electrons. The highest BCUT2D eigenvalue weighted by Gasteiger charge is 2.32. The first-order valence-corrected chi connectivity index (χ1v) is 13.0. The van der Waals surface area contributed by atoms with Gasteiger partial charge in [-0.2, -0.15) is 0 Å². The molecule has 34 heavy (non-hydrogen) atoms. The lowest BCUT2D eigenvalue weighted by Gasteiger charge is -2.37. The smallest absolute Gasteiger partial charge is 0.326 e. The predicted octanol–water partition coefficient (Wildman–Crippen LogP) is 5.85. The van der Waals surface area contributed by atoms with Crippen molar-refractivity contribution in [2.45, 2.75) is 70.4 Å². The number of amides is 1. The highest BCUT2D eigenvalue weighted by Crippen LogP contribution is 2.35. The molecular formula is C28H35NO4S. The van der Waals surface area contributed by atoms with Crippen LogP contribution in [0.4, 0.5) is 0 Å². The van der Waals surface area contributed by atoms with E-state index in [9.17, 15) is 14.4 Å². The van der Waals surface area contributed by atoms with Crippen LogP contribution in [0.3, 0.4) is 0 Å². The maximum absolute atomic E-state index is 13.2. The van der Waals surface area contributed by atoms with Crippen molar-refractivity contribution in [2.24, 2.45) is 0 Å². The number of esters is 1. The van der Waals surface area contributed by atoms with Gasteiger partial charge in [-0.25, -0.2) is 0 Å². The number of hydrogen-bond acceptors (Lipinski definition) is 5. The zero-order valence-electron chi connectivity index (χ0n) is 20.4. The molecule has 1 saturated carbocycles. The second kappa shape index (κ2) is 12.2. The summed E-state index contributed by atoms with van der Waals surface area (Å²) in [5.74, 6) is 0.382. The summed E-state index contributed by atoms with van der Waals surface area (Å²) in [6, 6.07) is 19.6. The molecule has 3 rings (SSSR count). The van der Waals surface area contributed by atoms with Gasteiger partial charge < -0.3 is 9.64 Å². The number of carbonyl (C=O) groups excluding carboxylic acids is 3. The molecule has 1 aliphatic rings. The largest absolute Gasteiger partial charge is 0.459 e. The van der Waals surface area contributed by atoms with E-state index in [1.165, 1.54) is 5.56 Å². The molecule has 2 aromatic carbocycles. The first-order valence-electron chi connectivity index (χ1n) is 12.0. The molecule has 2 aromatic rings. The van der Waals surface area contributed by atoms with Crippen LogP contribution in [-0.2, 0) is 14.3 Å². The van der Waals surface area contributed by atoms with Gasteiger partial charge in [0, 0.05) is 23.8 Å². The molecular weight excluding hydrogens is 446 g/mol. The SMILES string of the molecule is CC(C)(C)OC(=O)CN(C(=O)CCSC(=O)c1ccccc1)C1CCC(c2ccccc2)CC1. The van der Waals surface area contributed by atoms with Crippen LogP contribution < -0.4 is 0 Å². The van der Waals surface area contributed by atoms with E-state index in [-0.39, 0.29) is 36.0 Å². The fourth-order valence-electron chi connectivity index (χ4n) is 4.41. The van der Waals surface area contributed by atoms with E-state index >= 15 is 0 Å². The summed E-state index contributed by atoms with van der Waals surface area (Å²) in [5, 5.41) is -0.0459. The Morgan fingerprint density at radius 2 is 1.50 bits per heavy atom. The van der Waals surface area contributed by atoms with Gasteiger partial charge in [0.2, 0.25) is 11.0 Å². The minimum atomic E-state index is -0.602. The third-order valence-corrected chi connectivity index (χ3v) is 6.91. The molecule has 182 valence electrons. The predicted molar refractivity (Wildman–Crippen MR) is 137 cm³/mol. The lowest BCUT2D eigenvalue weighted by Crippen LogP contribution is -2.46. The Morgan fingerprint density at radius 3 is 2.09 bits per heavy atom. The molecule has 0 spiro atoms. The van der Waals surface area contributed by atoms with Gasteiger partial charge in [-0.3, -0.25) is 14.4 Å². The average Bonchev–Trinajstić information content (AvgIpc) is 2.82. The van der Waals surface area contributed by atoms with Crippen molar-refractivity contribution < 1.29 is 19.1 Å². The Balaban J connectivity index is 1.60. The Labute approximate surface area is 207 Å². The van der Waals surface area contributed by atoms with Gasteiger partial charge in [-0.05, 0) is 57.9 Å². The zero-order valence-corrected chi connectivity index (χ0v) is 21.2. The summed E-state index contributed by atoms with van der Waals surface area (Å²) in [5.41, 5.74) is 1.36. The zero-order chi connectivity index (χ0) is 24.6. The molecule has 6 heteroatoms. The van der Waals surface area contributed by atoms with E-state index in [4.69, 9.17) is 4.74 Å². The van der Waals surface area contributed by atoms with Crippen LogP contribution in [0.5, 0.6) is 0 Å². The maximum Gasteiger partial charge on any atom is 0.326 e. The highest BCUT2D eigenvalue weighted by atomic mass is 32.2. The van der Waals surface area contributed by atoms with Crippen molar-refractivity contribution in [3.8, 4) is 0 Å². The number of nitrogens with zero attached hydrogens (tertiary/aromatic N) is 1. The van der Waals surface area contributed by atoms with Gasteiger partial charge in [0.1, 0.15) is 12.1 Å². The Bertz CT molecular complexity index is 947. The van der Waals surface area contributed by atoms with Gasteiger partial charge in [0.25, 0.3) is 0 Å². The van der Waals surface area contributed by atoms with E-state index in [0.29, 0.717) is 17.2 Å². The van der Waals surface area contributed by atoms with Crippen LogP contribution in [0.25, 0.3) is 0 Å². The van der Waals surface area contributed by atoms with E-state index in [2.05, 4.69) is 24.3 Å². The second-order valence-corrected chi connectivity index (χ2v) is 10.8. The van der Waals surface area contributed by atoms with Crippen molar-refractivity contribution in [2.75, 3.05) is 12.3 Å². The van der Waals surface area contributed by atoms with Gasteiger partial charge in [0.05, 0.1) is 0 Å². The molecule has 0 saturated heterocycles. The molecule has 1 amide bonds. The second-order valence-electron chi connectivity index (χ2n) is 9.78. The van der Waals surface area contributed by atoms with Gasteiger partial charge in [0.15, 0.2) is 0 Å². The maximum atomic E-state index is 13.2. The lowest BCUT2D eigenvalue weighted by atomic mass is 9.81. The first-order chi connectivity index (χ1) is 16.2. The average molecular weight is 482 g/mol. The summed E-state index contributed by atoms with van der Waals surface area (Å²) in [6.45, 7) is 5.43. The molecule has 0 unspecified atom stereocenters. The van der Waals surface area contributed by atoms with Crippen molar-refractivity contribution in [1.29, 1.82) is 0 Å². The molecule has 0 atom stereocenters. The molecule has 0 N–H and O–H groups in total. The fraction of sp³-hybridized carbons (Fsp3) is 0.464. The number of carbonyl (C=O) groups is 3. The van der Waals surface area contributed by atoms with Crippen LogP contribution in [0.15, 0.2) is 60.7 Å². The number of benzene rings is 2. The summed E-state index contributed by atoms with van der Waals surface area (Å²) < 4.78 is 5.51. The van der Waals surface area contributed by atoms with Crippen LogP contribution in [0.1, 0.15) is 74.7 Å². The molecule has 1 fully saturated rings. The fourth-order valence-corrected chi connectivity index (χ4v) is 5.18. The number of ether oxygens (including phenoxy) is 1. The van der Waals surface area contributed by atoms with Crippen LogP contribution in [0.2, 0.25) is 0 Å². The van der Waals surface area contributed by atoms with Crippen LogP contribution >= 0.6 is 11.8 Å². The van der Waals surface area contributed by atoms with E-state index < -0.39 is 5.60 Å². The first kappa shape index (κ1) is 26.0. The molecule has 0 heterocycles. The van der Waals surface area contributed by atoms with Crippen molar-refractivity contribution >= 4 is 28.8 Å². The Morgan fingerprint density at radius 1 is 0.912 bits per heavy atom. The van der Waals surface area contributed by atoms with Crippen molar-refractivity contribution in [3.63, 3.8) is 0 Å². The standard InChI is InChI=1S/C28H35NO4S/c1-28(2,3)33-26(31)20-29(24-16-14-22(15-17-24)21-10-6-4-7-11-21)25(30)18-19-34-27(32)23-12-8-5-9-13-23/h4-13,22,24H,14-20H2,1-3H3. The topological polar surface area (TPSA) is 63.7 Å². The molecule has 0 aliphatic heterocycles. The van der Waals surface area contributed by atoms with Gasteiger partial charge in [-0.15, -0.1) is 0 Å². The quantitative estimate of drug-likeness (QED) is 0.443. The summed E-state index contributed by atoms with van der Waals surface area (Å²) in [7, 11) is 0. The Hall–Kier alpha value is -2.60. The van der Waals surface area contributed by atoms with E-state index in [1.807, 2.05) is 45.0 Å². The van der Waals surface area contributed by atoms with E-state index in [1.54, 1.807) is 17.0 Å². The van der Waals surface area contributed by atoms with Gasteiger partial charge in [-0.1, -0.05) is 72.4 Å². The number of hydrogen-bond donors (Lipinski definition) is 0.